The van der Waals surface area contributed by atoms with Crippen LogP contribution in [-0.2, 0) is 6.42 Å². The summed E-state index contributed by atoms with van der Waals surface area (Å²) in [5.74, 6) is 0. The Morgan fingerprint density at radius 2 is 1.83 bits per heavy atom. The van der Waals surface area contributed by atoms with E-state index < -0.39 is 0 Å². The summed E-state index contributed by atoms with van der Waals surface area (Å²) in [7, 11) is 0. The Morgan fingerprint density at radius 3 is 2.53 bits per heavy atom. The highest BCUT2D eigenvalue weighted by molar-refractivity contribution is 7.80. The third kappa shape index (κ3) is 3.41. The van der Waals surface area contributed by atoms with Crippen molar-refractivity contribution in [1.82, 2.24) is 14.9 Å². The summed E-state index contributed by atoms with van der Waals surface area (Å²) in [4.78, 5) is 6.97. The minimum Gasteiger partial charge on any atom is -0.351 e. The van der Waals surface area contributed by atoms with Gasteiger partial charge in [-0.1, -0.05) is 38.0 Å². The van der Waals surface area contributed by atoms with E-state index in [2.05, 4.69) is 81.4 Å². The molecule has 2 fully saturated rings. The zero-order chi connectivity index (χ0) is 20.5. The second kappa shape index (κ2) is 8.23. The number of nitrogens with one attached hydrogen (secondary N) is 1. The number of aryl methyl sites for hydroxylation is 1. The predicted octanol–water partition coefficient (Wildman–Crippen LogP) is 5.74. The van der Waals surface area contributed by atoms with Crippen molar-refractivity contribution in [3.63, 3.8) is 0 Å². The number of rotatable bonds is 5. The highest BCUT2D eigenvalue weighted by Gasteiger charge is 2.42. The second-order valence-electron chi connectivity index (χ2n) is 8.30. The lowest BCUT2D eigenvalue weighted by Gasteiger charge is -2.30. The standard InChI is InChI=1S/C25H28N4S/c1-2-18-12-14-20(15-13-18)29-24(22-11-7-17-28(22)19-8-3-4-9-19)23(27-25(29)30)21-10-5-6-16-26-21/h5-7,10-17,19,23-24H,2-4,8-9H2,1H3,(H,27,30)/t23-,24-/m0/s1. The van der Waals surface area contributed by atoms with E-state index >= 15 is 0 Å². The van der Waals surface area contributed by atoms with Crippen LogP contribution in [0.1, 0.15) is 67.7 Å². The van der Waals surface area contributed by atoms with Gasteiger partial charge in [0.05, 0.1) is 11.7 Å². The molecule has 1 saturated carbocycles. The van der Waals surface area contributed by atoms with Gasteiger partial charge >= 0.3 is 0 Å². The molecule has 1 saturated heterocycles. The van der Waals surface area contributed by atoms with Crippen LogP contribution >= 0.6 is 12.2 Å². The zero-order valence-electron chi connectivity index (χ0n) is 17.4. The van der Waals surface area contributed by atoms with E-state index in [-0.39, 0.29) is 12.1 Å². The molecule has 2 atom stereocenters. The van der Waals surface area contributed by atoms with Crippen molar-refractivity contribution in [3.8, 4) is 0 Å². The summed E-state index contributed by atoms with van der Waals surface area (Å²) in [5, 5.41) is 4.35. The van der Waals surface area contributed by atoms with E-state index in [4.69, 9.17) is 12.2 Å². The number of nitrogens with zero attached hydrogens (tertiary/aromatic N) is 3. The third-order valence-corrected chi connectivity index (χ3v) is 6.87. The fourth-order valence-corrected chi connectivity index (χ4v) is 5.34. The molecule has 2 aliphatic rings. The molecule has 154 valence electrons. The van der Waals surface area contributed by atoms with Gasteiger partial charge in [0, 0.05) is 29.8 Å². The Balaban J connectivity index is 1.60. The van der Waals surface area contributed by atoms with E-state index in [1.807, 2.05) is 12.3 Å². The highest BCUT2D eigenvalue weighted by Crippen LogP contribution is 2.43. The van der Waals surface area contributed by atoms with Crippen molar-refractivity contribution in [2.75, 3.05) is 4.90 Å². The van der Waals surface area contributed by atoms with Gasteiger partial charge in [0.25, 0.3) is 0 Å². The van der Waals surface area contributed by atoms with E-state index in [0.29, 0.717) is 6.04 Å². The van der Waals surface area contributed by atoms with Gasteiger partial charge in [-0.3, -0.25) is 4.98 Å². The van der Waals surface area contributed by atoms with Crippen molar-refractivity contribution in [2.45, 2.75) is 57.2 Å². The van der Waals surface area contributed by atoms with Crippen LogP contribution in [0.2, 0.25) is 0 Å². The quantitative estimate of drug-likeness (QED) is 0.538. The molecule has 2 aromatic heterocycles. The van der Waals surface area contributed by atoms with Crippen molar-refractivity contribution < 1.29 is 0 Å². The van der Waals surface area contributed by atoms with Crippen molar-refractivity contribution >= 4 is 23.0 Å². The first-order valence-corrected chi connectivity index (χ1v) is 11.4. The molecular weight excluding hydrogens is 388 g/mol. The van der Waals surface area contributed by atoms with Gasteiger partial charge in [0.1, 0.15) is 6.04 Å². The number of aromatic nitrogens is 2. The second-order valence-corrected chi connectivity index (χ2v) is 8.68. The highest BCUT2D eigenvalue weighted by atomic mass is 32.1. The summed E-state index contributed by atoms with van der Waals surface area (Å²) in [6.07, 6.45) is 10.3. The zero-order valence-corrected chi connectivity index (χ0v) is 18.2. The number of benzene rings is 1. The molecule has 1 aliphatic heterocycles. The maximum Gasteiger partial charge on any atom is 0.174 e. The Kier molecular flexibility index (Phi) is 5.30. The van der Waals surface area contributed by atoms with Crippen LogP contribution in [0.25, 0.3) is 0 Å². The number of hydrogen-bond acceptors (Lipinski definition) is 2. The fourth-order valence-electron chi connectivity index (χ4n) is 5.00. The molecule has 3 heterocycles. The molecule has 0 spiro atoms. The van der Waals surface area contributed by atoms with E-state index in [0.717, 1.165) is 22.9 Å². The van der Waals surface area contributed by atoms with Crippen LogP contribution in [0.15, 0.2) is 67.0 Å². The topological polar surface area (TPSA) is 33.1 Å². The van der Waals surface area contributed by atoms with Crippen LogP contribution < -0.4 is 10.2 Å². The molecule has 1 N–H and O–H groups in total. The van der Waals surface area contributed by atoms with Gasteiger partial charge in [-0.25, -0.2) is 0 Å². The molecule has 0 radical (unpaired) electrons. The van der Waals surface area contributed by atoms with E-state index in [1.165, 1.54) is 36.9 Å². The number of thiocarbonyl (C=S) groups is 1. The third-order valence-electron chi connectivity index (χ3n) is 6.55. The molecule has 0 bridgehead atoms. The molecule has 1 aromatic carbocycles. The van der Waals surface area contributed by atoms with E-state index in [1.54, 1.807) is 0 Å². The van der Waals surface area contributed by atoms with Gasteiger partial charge < -0.3 is 14.8 Å². The molecule has 1 aliphatic carbocycles. The molecule has 0 unspecified atom stereocenters. The summed E-state index contributed by atoms with van der Waals surface area (Å²) in [6, 6.07) is 20.0. The monoisotopic (exact) mass is 416 g/mol. The summed E-state index contributed by atoms with van der Waals surface area (Å²) in [5.41, 5.74) is 4.80. The Hall–Kier alpha value is -2.66. The molecule has 5 heteroatoms. The Labute approximate surface area is 183 Å². The number of pyridine rings is 1. The Morgan fingerprint density at radius 1 is 1.03 bits per heavy atom. The van der Waals surface area contributed by atoms with Crippen LogP contribution in [0, 0.1) is 0 Å². The maximum absolute atomic E-state index is 5.87. The fraction of sp³-hybridized carbons (Fsp3) is 0.360. The number of hydrogen-bond donors (Lipinski definition) is 1. The Bertz CT molecular complexity index is 1010. The molecule has 5 rings (SSSR count). The lowest BCUT2D eigenvalue weighted by atomic mass is 10.00. The van der Waals surface area contributed by atoms with Gasteiger partial charge in [0.15, 0.2) is 5.11 Å². The average Bonchev–Trinajstić information content (AvgIpc) is 3.53. The van der Waals surface area contributed by atoms with Crippen LogP contribution in [-0.4, -0.2) is 14.7 Å². The minimum absolute atomic E-state index is 0.0135. The molecule has 30 heavy (non-hydrogen) atoms. The SMILES string of the molecule is CCc1ccc(N2C(=S)N[C@@H](c3ccccn3)[C@@H]2c2cccn2C2CCCC2)cc1. The van der Waals surface area contributed by atoms with Gasteiger partial charge in [-0.2, -0.15) is 0 Å². The van der Waals surface area contributed by atoms with Gasteiger partial charge in [0.2, 0.25) is 0 Å². The van der Waals surface area contributed by atoms with Gasteiger partial charge in [-0.05, 0) is 73.4 Å². The normalized spacial score (nSPS) is 21.9. The predicted molar refractivity (Wildman–Crippen MR) is 126 cm³/mol. The van der Waals surface area contributed by atoms with Crippen LogP contribution in [0.4, 0.5) is 5.69 Å². The van der Waals surface area contributed by atoms with Crippen LogP contribution in [0.3, 0.4) is 0 Å². The first-order valence-electron chi connectivity index (χ1n) is 11.0. The summed E-state index contributed by atoms with van der Waals surface area (Å²) < 4.78 is 2.50. The maximum atomic E-state index is 5.87. The number of anilines is 1. The van der Waals surface area contributed by atoms with Crippen molar-refractivity contribution in [3.05, 3.63) is 83.9 Å². The molecule has 3 aromatic rings. The van der Waals surface area contributed by atoms with Crippen molar-refractivity contribution in [1.29, 1.82) is 0 Å². The molecule has 4 nitrogen and oxygen atoms in total. The minimum atomic E-state index is 0.0135. The van der Waals surface area contributed by atoms with Crippen LogP contribution in [0.5, 0.6) is 0 Å². The van der Waals surface area contributed by atoms with Gasteiger partial charge in [-0.15, -0.1) is 0 Å². The van der Waals surface area contributed by atoms with E-state index in [9.17, 15) is 0 Å². The average molecular weight is 417 g/mol. The first kappa shape index (κ1) is 19.3. The van der Waals surface area contributed by atoms with Crippen molar-refractivity contribution in [2.24, 2.45) is 0 Å². The largest absolute Gasteiger partial charge is 0.351 e. The first-order chi connectivity index (χ1) is 14.8. The molecular formula is C25H28N4S. The lowest BCUT2D eigenvalue weighted by Crippen LogP contribution is -2.30. The summed E-state index contributed by atoms with van der Waals surface area (Å²) >= 11 is 5.87. The summed E-state index contributed by atoms with van der Waals surface area (Å²) in [6.45, 7) is 2.19. The lowest BCUT2D eigenvalue weighted by molar-refractivity contribution is 0.461. The smallest absolute Gasteiger partial charge is 0.174 e. The molecule has 0 amide bonds.